The lowest BCUT2D eigenvalue weighted by Gasteiger charge is -2.21. The number of hydrogen-bond donors (Lipinski definition) is 1. The van der Waals surface area contributed by atoms with E-state index in [-0.39, 0.29) is 11.5 Å². The van der Waals surface area contributed by atoms with Crippen LogP contribution in [0.3, 0.4) is 0 Å². The lowest BCUT2D eigenvalue weighted by atomic mass is 10.0. The molecule has 1 N–H and O–H groups in total. The monoisotopic (exact) mass is 445 g/mol. The van der Waals surface area contributed by atoms with Gasteiger partial charge in [-0.25, -0.2) is 8.42 Å². The van der Waals surface area contributed by atoms with Crippen molar-refractivity contribution in [2.24, 2.45) is 5.92 Å². The van der Waals surface area contributed by atoms with Gasteiger partial charge < -0.3 is 14.6 Å². The van der Waals surface area contributed by atoms with Crippen molar-refractivity contribution in [2.45, 2.75) is 50.5 Å². The lowest BCUT2D eigenvalue weighted by molar-refractivity contribution is 0.137. The number of rotatable bonds is 7. The molecule has 0 radical (unpaired) electrons. The van der Waals surface area contributed by atoms with Gasteiger partial charge in [0.05, 0.1) is 23.8 Å². The van der Waals surface area contributed by atoms with E-state index in [1.165, 1.54) is 9.87 Å². The minimum Gasteiger partial charge on any atom is -0.493 e. The molecule has 31 heavy (non-hydrogen) atoms. The van der Waals surface area contributed by atoms with Crippen molar-refractivity contribution in [1.29, 1.82) is 0 Å². The van der Waals surface area contributed by atoms with Gasteiger partial charge in [0.2, 0.25) is 0 Å². The molecule has 0 spiro atoms. The van der Waals surface area contributed by atoms with Crippen molar-refractivity contribution in [1.82, 2.24) is 0 Å². The zero-order valence-corrected chi connectivity index (χ0v) is 18.9. The molecule has 0 aromatic heterocycles. The van der Waals surface area contributed by atoms with Gasteiger partial charge in [-0.05, 0) is 73.4 Å². The third kappa shape index (κ3) is 4.73. The number of nitrogens with zero attached hydrogens (tertiary/aromatic N) is 1. The number of aryl methyl sites for hydroxylation is 1. The standard InChI is InChI=1S/C24H31NO5S/c1-2-18-5-7-23-20(14-18)9-11-25(23)31(27,28)22-6-8-24(21(15-22)16-26)30-17-19-4-3-12-29-13-10-19/h5-8,14-15,19,26H,2-4,9-13,16-17H2,1H3. The van der Waals surface area contributed by atoms with Crippen LogP contribution in [0.15, 0.2) is 41.3 Å². The van der Waals surface area contributed by atoms with Crippen molar-refractivity contribution < 1.29 is 23.0 Å². The van der Waals surface area contributed by atoms with E-state index in [0.717, 1.165) is 50.1 Å². The number of sulfonamides is 1. The molecule has 2 aromatic carbocycles. The fraction of sp³-hybridized carbons (Fsp3) is 0.500. The molecule has 0 saturated carbocycles. The van der Waals surface area contributed by atoms with Crippen molar-refractivity contribution in [3.05, 3.63) is 53.1 Å². The fourth-order valence-electron chi connectivity index (χ4n) is 4.35. The predicted octanol–water partition coefficient (Wildman–Crippen LogP) is 3.69. The fourth-order valence-corrected chi connectivity index (χ4v) is 5.90. The van der Waals surface area contributed by atoms with Crippen LogP contribution in [-0.4, -0.2) is 39.9 Å². The molecule has 2 aliphatic rings. The first-order valence-electron chi connectivity index (χ1n) is 11.1. The Balaban J connectivity index is 1.53. The Morgan fingerprint density at radius 3 is 2.84 bits per heavy atom. The van der Waals surface area contributed by atoms with Gasteiger partial charge in [0, 0.05) is 25.3 Å². The number of aliphatic hydroxyl groups is 1. The first-order chi connectivity index (χ1) is 15.0. The van der Waals surface area contributed by atoms with Gasteiger partial charge in [0.25, 0.3) is 10.0 Å². The van der Waals surface area contributed by atoms with Crippen LogP contribution in [0, 0.1) is 5.92 Å². The van der Waals surface area contributed by atoms with E-state index in [9.17, 15) is 13.5 Å². The molecule has 4 rings (SSSR count). The van der Waals surface area contributed by atoms with Crippen molar-refractivity contribution in [3.8, 4) is 5.75 Å². The minimum absolute atomic E-state index is 0.180. The van der Waals surface area contributed by atoms with Gasteiger partial charge in [0.1, 0.15) is 5.75 Å². The predicted molar refractivity (Wildman–Crippen MR) is 120 cm³/mol. The van der Waals surface area contributed by atoms with Crippen LogP contribution >= 0.6 is 0 Å². The van der Waals surface area contributed by atoms with Crippen LogP contribution < -0.4 is 9.04 Å². The molecule has 6 nitrogen and oxygen atoms in total. The highest BCUT2D eigenvalue weighted by Gasteiger charge is 2.31. The largest absolute Gasteiger partial charge is 0.493 e. The van der Waals surface area contributed by atoms with Gasteiger partial charge in [0.15, 0.2) is 0 Å². The summed E-state index contributed by atoms with van der Waals surface area (Å²) in [5.74, 6) is 0.951. The highest BCUT2D eigenvalue weighted by Crippen LogP contribution is 2.35. The van der Waals surface area contributed by atoms with E-state index in [2.05, 4.69) is 13.0 Å². The molecular formula is C24H31NO5S. The lowest BCUT2D eigenvalue weighted by Crippen LogP contribution is -2.29. The molecule has 1 unspecified atom stereocenters. The Kier molecular flexibility index (Phi) is 6.84. The maximum atomic E-state index is 13.4. The topological polar surface area (TPSA) is 76.1 Å². The zero-order chi connectivity index (χ0) is 21.8. The van der Waals surface area contributed by atoms with Crippen LogP contribution in [0.25, 0.3) is 0 Å². The Labute approximate surface area is 184 Å². The summed E-state index contributed by atoms with van der Waals surface area (Å²) in [6, 6.07) is 10.8. The second kappa shape index (κ2) is 9.59. The average Bonchev–Trinajstić information content (AvgIpc) is 3.05. The van der Waals surface area contributed by atoms with E-state index in [0.29, 0.717) is 36.8 Å². The molecule has 168 valence electrons. The molecule has 2 heterocycles. The summed E-state index contributed by atoms with van der Waals surface area (Å²) in [4.78, 5) is 0.180. The normalized spacial score (nSPS) is 19.2. The maximum absolute atomic E-state index is 13.4. The molecule has 0 aliphatic carbocycles. The molecule has 1 saturated heterocycles. The number of ether oxygens (including phenoxy) is 2. The molecule has 7 heteroatoms. The average molecular weight is 446 g/mol. The summed E-state index contributed by atoms with van der Waals surface area (Å²) in [7, 11) is -3.71. The van der Waals surface area contributed by atoms with Crippen LogP contribution in [0.1, 0.15) is 42.9 Å². The Morgan fingerprint density at radius 1 is 1.16 bits per heavy atom. The van der Waals surface area contributed by atoms with Crippen molar-refractivity contribution >= 4 is 15.7 Å². The maximum Gasteiger partial charge on any atom is 0.264 e. The SMILES string of the molecule is CCc1ccc2c(c1)CCN2S(=O)(=O)c1ccc(OCC2CCCOCC2)c(CO)c1. The molecular weight excluding hydrogens is 414 g/mol. The second-order valence-electron chi connectivity index (χ2n) is 8.29. The molecule has 1 atom stereocenters. The molecule has 1 fully saturated rings. The van der Waals surface area contributed by atoms with Crippen LogP contribution in [0.5, 0.6) is 5.75 Å². The quantitative estimate of drug-likeness (QED) is 0.704. The number of fused-ring (bicyclic) bond motifs is 1. The van der Waals surface area contributed by atoms with E-state index >= 15 is 0 Å². The highest BCUT2D eigenvalue weighted by atomic mass is 32.2. The summed E-state index contributed by atoms with van der Waals surface area (Å²) in [5.41, 5.74) is 3.52. The van der Waals surface area contributed by atoms with E-state index < -0.39 is 10.0 Å². The van der Waals surface area contributed by atoms with E-state index in [1.54, 1.807) is 18.2 Å². The smallest absolute Gasteiger partial charge is 0.264 e. The summed E-state index contributed by atoms with van der Waals surface area (Å²) >= 11 is 0. The molecule has 2 aromatic rings. The third-order valence-electron chi connectivity index (χ3n) is 6.24. The van der Waals surface area contributed by atoms with Gasteiger partial charge >= 0.3 is 0 Å². The molecule has 0 amide bonds. The summed E-state index contributed by atoms with van der Waals surface area (Å²) in [5, 5.41) is 9.86. The number of anilines is 1. The van der Waals surface area contributed by atoms with E-state index in [1.807, 2.05) is 12.1 Å². The number of hydrogen-bond acceptors (Lipinski definition) is 5. The van der Waals surface area contributed by atoms with Gasteiger partial charge in [-0.15, -0.1) is 0 Å². The van der Waals surface area contributed by atoms with Gasteiger partial charge in [-0.1, -0.05) is 19.1 Å². The Bertz CT molecular complexity index is 1010. The zero-order valence-electron chi connectivity index (χ0n) is 18.0. The highest BCUT2D eigenvalue weighted by molar-refractivity contribution is 7.92. The van der Waals surface area contributed by atoms with Crippen LogP contribution in [-0.2, 0) is 34.2 Å². The number of aliphatic hydroxyl groups excluding tert-OH is 1. The Hall–Kier alpha value is -2.09. The van der Waals surface area contributed by atoms with Gasteiger partial charge in [-0.3, -0.25) is 4.31 Å². The molecule has 0 bridgehead atoms. The minimum atomic E-state index is -3.71. The molecule has 2 aliphatic heterocycles. The Morgan fingerprint density at radius 2 is 2.03 bits per heavy atom. The van der Waals surface area contributed by atoms with Crippen molar-refractivity contribution in [2.75, 3.05) is 30.7 Å². The van der Waals surface area contributed by atoms with Crippen molar-refractivity contribution in [3.63, 3.8) is 0 Å². The summed E-state index contributed by atoms with van der Waals surface area (Å²) in [6.45, 7) is 4.33. The van der Waals surface area contributed by atoms with Crippen LogP contribution in [0.2, 0.25) is 0 Å². The summed E-state index contributed by atoms with van der Waals surface area (Å²) < 4.78 is 39.7. The number of benzene rings is 2. The van der Waals surface area contributed by atoms with Crippen LogP contribution in [0.4, 0.5) is 5.69 Å². The first-order valence-corrected chi connectivity index (χ1v) is 12.6. The third-order valence-corrected chi connectivity index (χ3v) is 8.05. The second-order valence-corrected chi connectivity index (χ2v) is 10.2. The van der Waals surface area contributed by atoms with E-state index in [4.69, 9.17) is 9.47 Å². The summed E-state index contributed by atoms with van der Waals surface area (Å²) in [6.07, 6.45) is 4.66. The first kappa shape index (κ1) is 22.1. The van der Waals surface area contributed by atoms with Gasteiger partial charge in [-0.2, -0.15) is 0 Å².